The van der Waals surface area contributed by atoms with Gasteiger partial charge in [-0.05, 0) is 12.1 Å². The number of nitrogens with zero attached hydrogens (tertiary/aromatic N) is 1. The van der Waals surface area contributed by atoms with E-state index in [1.54, 1.807) is 0 Å². The number of benzene rings is 1. The molecule has 0 unspecified atom stereocenters. The van der Waals surface area contributed by atoms with Gasteiger partial charge < -0.3 is 79.5 Å². The van der Waals surface area contributed by atoms with E-state index < -0.39 is 117 Å². The van der Waals surface area contributed by atoms with Crippen LogP contribution in [-0.4, -0.2) is 168 Å². The summed E-state index contributed by atoms with van der Waals surface area (Å²) >= 11 is 0. The van der Waals surface area contributed by atoms with E-state index in [-0.39, 0.29) is 11.4 Å². The summed E-state index contributed by atoms with van der Waals surface area (Å²) in [4.78, 5) is 10.2. The average molecular weight is 626 g/mol. The molecule has 244 valence electrons. The van der Waals surface area contributed by atoms with Crippen LogP contribution in [0.2, 0.25) is 0 Å². The zero-order chi connectivity index (χ0) is 31.6. The predicted octanol–water partition coefficient (Wildman–Crippen LogP) is -5.58. The highest BCUT2D eigenvalue weighted by molar-refractivity contribution is 5.36. The Bertz CT molecular complexity index is 1040. The molecule has 0 amide bonds. The first-order chi connectivity index (χ1) is 20.4. The van der Waals surface area contributed by atoms with E-state index in [2.05, 4.69) is 0 Å². The number of aliphatic hydroxyl groups is 10. The minimum atomic E-state index is -1.96. The summed E-state index contributed by atoms with van der Waals surface area (Å²) in [6.45, 7) is -2.42. The van der Waals surface area contributed by atoms with Gasteiger partial charge in [-0.1, -0.05) is 0 Å². The predicted molar refractivity (Wildman–Crippen MR) is 133 cm³/mol. The van der Waals surface area contributed by atoms with Crippen LogP contribution in [0, 0.1) is 10.1 Å². The van der Waals surface area contributed by atoms with Crippen LogP contribution in [0.25, 0.3) is 0 Å². The van der Waals surface area contributed by atoms with Crippen LogP contribution in [0.5, 0.6) is 5.75 Å². The van der Waals surface area contributed by atoms with Gasteiger partial charge in [0, 0.05) is 12.1 Å². The first kappa shape index (κ1) is 33.7. The van der Waals surface area contributed by atoms with Crippen LogP contribution in [0.15, 0.2) is 24.3 Å². The van der Waals surface area contributed by atoms with Crippen molar-refractivity contribution < 1.29 is 84.4 Å². The molecule has 3 aliphatic heterocycles. The van der Waals surface area contributed by atoms with E-state index in [4.69, 9.17) is 28.4 Å². The van der Waals surface area contributed by atoms with Crippen molar-refractivity contribution in [2.45, 2.75) is 92.1 Å². The number of rotatable bonds is 10. The fraction of sp³-hybridized carbons (Fsp3) is 0.750. The van der Waals surface area contributed by atoms with Crippen LogP contribution in [0.4, 0.5) is 5.69 Å². The standard InChI is InChI=1S/C24H35NO18/c26-5-10-13(29)14(30)17(33)23(39-10)42-21-12(7-28)41-24(19(35)16(21)32)43-20-11(6-27)40-22(18(34)15(20)31)38-9-3-1-8(2-4-9)25(36)37/h1-4,10-24,26-35H,5-7H2/t10-,11-,12-,13-,14+,15-,16-,17-,18-,19-,20-,21-,22-,23+,24+/m1/s1. The lowest BCUT2D eigenvalue weighted by atomic mass is 9.96. The van der Waals surface area contributed by atoms with Crippen molar-refractivity contribution >= 4 is 5.69 Å². The fourth-order valence-corrected chi connectivity index (χ4v) is 4.92. The third-order valence-corrected chi connectivity index (χ3v) is 7.37. The second-order valence-electron chi connectivity index (χ2n) is 10.2. The molecular formula is C24H35NO18. The lowest BCUT2D eigenvalue weighted by molar-refractivity contribution is -0.384. The van der Waals surface area contributed by atoms with E-state index in [0.29, 0.717) is 0 Å². The van der Waals surface area contributed by atoms with Crippen molar-refractivity contribution in [3.05, 3.63) is 34.4 Å². The molecule has 0 spiro atoms. The molecular weight excluding hydrogens is 590 g/mol. The Morgan fingerprint density at radius 1 is 0.605 bits per heavy atom. The number of ether oxygens (including phenoxy) is 6. The normalized spacial score (nSPS) is 43.7. The molecule has 0 saturated carbocycles. The first-order valence-electron chi connectivity index (χ1n) is 13.2. The first-order valence-corrected chi connectivity index (χ1v) is 13.2. The van der Waals surface area contributed by atoms with Gasteiger partial charge in [-0.25, -0.2) is 0 Å². The smallest absolute Gasteiger partial charge is 0.269 e. The number of hydrogen-bond donors (Lipinski definition) is 10. The van der Waals surface area contributed by atoms with Crippen molar-refractivity contribution in [2.75, 3.05) is 19.8 Å². The quantitative estimate of drug-likeness (QED) is 0.0856. The van der Waals surface area contributed by atoms with Gasteiger partial charge in [0.2, 0.25) is 6.29 Å². The monoisotopic (exact) mass is 625 g/mol. The molecule has 10 N–H and O–H groups in total. The van der Waals surface area contributed by atoms with Crippen molar-refractivity contribution in [2.24, 2.45) is 0 Å². The van der Waals surface area contributed by atoms with Gasteiger partial charge in [0.1, 0.15) is 79.0 Å². The minimum absolute atomic E-state index is 0.0308. The highest BCUT2D eigenvalue weighted by Crippen LogP contribution is 2.33. The van der Waals surface area contributed by atoms with Crippen LogP contribution in [0.3, 0.4) is 0 Å². The highest BCUT2D eigenvalue weighted by Gasteiger charge is 2.53. The van der Waals surface area contributed by atoms with Crippen molar-refractivity contribution in [3.63, 3.8) is 0 Å². The minimum Gasteiger partial charge on any atom is -0.462 e. The third kappa shape index (κ3) is 7.06. The summed E-state index contributed by atoms with van der Waals surface area (Å²) in [6.07, 6.45) is -25.4. The Balaban J connectivity index is 1.42. The molecule has 0 radical (unpaired) electrons. The summed E-state index contributed by atoms with van der Waals surface area (Å²) in [5.41, 5.74) is -0.227. The maximum absolute atomic E-state index is 10.8. The van der Waals surface area contributed by atoms with Crippen LogP contribution >= 0.6 is 0 Å². The van der Waals surface area contributed by atoms with Crippen LogP contribution < -0.4 is 4.74 Å². The molecule has 0 bridgehead atoms. The summed E-state index contributed by atoms with van der Waals surface area (Å²) in [5, 5.41) is 113. The molecule has 0 aromatic heterocycles. The molecule has 19 heteroatoms. The van der Waals surface area contributed by atoms with Gasteiger partial charge in [0.05, 0.1) is 24.7 Å². The molecule has 1 aromatic carbocycles. The molecule has 4 rings (SSSR count). The van der Waals surface area contributed by atoms with E-state index >= 15 is 0 Å². The van der Waals surface area contributed by atoms with E-state index in [0.717, 1.165) is 12.1 Å². The lowest BCUT2D eigenvalue weighted by Crippen LogP contribution is -2.66. The Kier molecular flexibility index (Phi) is 11.2. The maximum Gasteiger partial charge on any atom is 0.269 e. The van der Waals surface area contributed by atoms with Crippen molar-refractivity contribution in [1.29, 1.82) is 0 Å². The summed E-state index contributed by atoms with van der Waals surface area (Å²) in [5.74, 6) is 0.0308. The fourth-order valence-electron chi connectivity index (χ4n) is 4.92. The molecule has 3 fully saturated rings. The van der Waals surface area contributed by atoms with Gasteiger partial charge in [-0.3, -0.25) is 10.1 Å². The molecule has 0 aliphatic carbocycles. The molecule has 19 nitrogen and oxygen atoms in total. The summed E-state index contributed by atoms with van der Waals surface area (Å²) in [7, 11) is 0. The number of non-ortho nitro benzene ring substituents is 1. The average Bonchev–Trinajstić information content (AvgIpc) is 3.00. The van der Waals surface area contributed by atoms with E-state index in [9.17, 15) is 61.2 Å². The Labute approximate surface area is 242 Å². The van der Waals surface area contributed by atoms with Gasteiger partial charge in [-0.2, -0.15) is 0 Å². The molecule has 1 aromatic rings. The Morgan fingerprint density at radius 3 is 1.49 bits per heavy atom. The maximum atomic E-state index is 10.8. The summed E-state index contributed by atoms with van der Waals surface area (Å²) in [6, 6.07) is 4.72. The largest absolute Gasteiger partial charge is 0.462 e. The Hall–Kier alpha value is -2.18. The third-order valence-electron chi connectivity index (χ3n) is 7.37. The zero-order valence-electron chi connectivity index (χ0n) is 22.3. The van der Waals surface area contributed by atoms with Crippen molar-refractivity contribution in [3.8, 4) is 5.75 Å². The van der Waals surface area contributed by atoms with E-state index in [1.165, 1.54) is 12.1 Å². The lowest BCUT2D eigenvalue weighted by Gasteiger charge is -2.48. The number of nitro benzene ring substituents is 1. The molecule has 3 heterocycles. The zero-order valence-corrected chi connectivity index (χ0v) is 22.3. The molecule has 15 atom stereocenters. The molecule has 3 saturated heterocycles. The highest BCUT2D eigenvalue weighted by atomic mass is 16.8. The number of aliphatic hydroxyl groups excluding tert-OH is 10. The molecule has 43 heavy (non-hydrogen) atoms. The number of nitro groups is 1. The van der Waals surface area contributed by atoms with Gasteiger partial charge in [0.25, 0.3) is 5.69 Å². The number of hydrogen-bond acceptors (Lipinski definition) is 18. The molecule has 3 aliphatic rings. The van der Waals surface area contributed by atoms with Gasteiger partial charge in [-0.15, -0.1) is 0 Å². The summed E-state index contributed by atoms with van der Waals surface area (Å²) < 4.78 is 32.8. The van der Waals surface area contributed by atoms with Crippen LogP contribution in [0.1, 0.15) is 0 Å². The Morgan fingerprint density at radius 2 is 1.02 bits per heavy atom. The SMILES string of the molecule is O=[N+]([O-])c1ccc(O[C@@H]2O[C@H](CO)[C@@H](O[C@@H]3O[C@H](CO)[C@@H](O[C@@H]4O[C@H](CO)[C@@H](O)[C@H](O)[C@H]4O)[C@H](O)[C@H]3O)[C@H](O)[C@H]2O)cc1. The van der Waals surface area contributed by atoms with Gasteiger partial charge in [0.15, 0.2) is 12.6 Å². The van der Waals surface area contributed by atoms with E-state index in [1.807, 2.05) is 0 Å². The van der Waals surface area contributed by atoms with Crippen LogP contribution in [-0.2, 0) is 23.7 Å². The second kappa shape index (κ2) is 14.3. The second-order valence-corrected chi connectivity index (χ2v) is 10.2. The van der Waals surface area contributed by atoms with Crippen molar-refractivity contribution in [1.82, 2.24) is 0 Å². The van der Waals surface area contributed by atoms with Gasteiger partial charge >= 0.3 is 0 Å². The topological polar surface area (TPSA) is 301 Å².